The van der Waals surface area contributed by atoms with Gasteiger partial charge in [-0.2, -0.15) is 0 Å². The summed E-state index contributed by atoms with van der Waals surface area (Å²) in [5.41, 5.74) is 1.85. The van der Waals surface area contributed by atoms with E-state index in [9.17, 15) is 17.6 Å². The lowest BCUT2D eigenvalue weighted by molar-refractivity contribution is -0.130. The van der Waals surface area contributed by atoms with Gasteiger partial charge in [-0.25, -0.2) is 17.5 Å². The molecular formula is C22H27FN2O3S. The van der Waals surface area contributed by atoms with Gasteiger partial charge in [0.05, 0.1) is 11.2 Å². The van der Waals surface area contributed by atoms with Gasteiger partial charge in [0.1, 0.15) is 5.82 Å². The molecule has 2 aromatic carbocycles. The van der Waals surface area contributed by atoms with Gasteiger partial charge in [0.25, 0.3) is 0 Å². The second-order valence-electron chi connectivity index (χ2n) is 7.97. The third-order valence-corrected chi connectivity index (χ3v) is 6.83. The molecule has 0 spiro atoms. The van der Waals surface area contributed by atoms with Crippen molar-refractivity contribution in [2.24, 2.45) is 0 Å². The first kappa shape index (κ1) is 21.5. The van der Waals surface area contributed by atoms with Crippen molar-refractivity contribution in [3.63, 3.8) is 0 Å². The molecule has 1 aliphatic rings. The lowest BCUT2D eigenvalue weighted by atomic mass is 9.64. The Kier molecular flexibility index (Phi) is 6.39. The maximum atomic E-state index is 13.2. The Balaban J connectivity index is 1.61. The van der Waals surface area contributed by atoms with Crippen LogP contribution in [0.15, 0.2) is 48.5 Å². The van der Waals surface area contributed by atoms with E-state index in [1.165, 1.54) is 12.1 Å². The average Bonchev–Trinajstić information content (AvgIpc) is 2.60. The monoisotopic (exact) mass is 418 g/mol. The van der Waals surface area contributed by atoms with Crippen LogP contribution in [0.1, 0.15) is 49.8 Å². The zero-order valence-corrected chi connectivity index (χ0v) is 17.6. The molecule has 156 valence electrons. The molecule has 0 unspecified atom stereocenters. The van der Waals surface area contributed by atoms with Crippen LogP contribution in [0.5, 0.6) is 0 Å². The van der Waals surface area contributed by atoms with Crippen LogP contribution in [-0.4, -0.2) is 20.4 Å². The number of carbonyl (C=O) groups is 1. The molecule has 0 atom stereocenters. The van der Waals surface area contributed by atoms with Gasteiger partial charge in [-0.05, 0) is 55.5 Å². The molecule has 0 bridgehead atoms. The van der Waals surface area contributed by atoms with Gasteiger partial charge in [-0.1, -0.05) is 42.8 Å². The van der Waals surface area contributed by atoms with Crippen molar-refractivity contribution in [3.05, 3.63) is 71.0 Å². The van der Waals surface area contributed by atoms with Gasteiger partial charge >= 0.3 is 0 Å². The zero-order valence-electron chi connectivity index (χ0n) is 16.7. The Morgan fingerprint density at radius 3 is 2.14 bits per heavy atom. The summed E-state index contributed by atoms with van der Waals surface area (Å²) in [5.74, 6) is -0.441. The fraction of sp³-hybridized carbons (Fsp3) is 0.409. The van der Waals surface area contributed by atoms with Gasteiger partial charge in [-0.15, -0.1) is 0 Å². The molecule has 3 rings (SSSR count). The van der Waals surface area contributed by atoms with Crippen molar-refractivity contribution in [1.29, 1.82) is 0 Å². The van der Waals surface area contributed by atoms with Crippen LogP contribution >= 0.6 is 0 Å². The number of nitrogens with one attached hydrogen (secondary N) is 2. The maximum Gasteiger partial charge on any atom is 0.230 e. The first-order valence-corrected chi connectivity index (χ1v) is 11.5. The maximum absolute atomic E-state index is 13.2. The van der Waals surface area contributed by atoms with Crippen LogP contribution < -0.4 is 10.0 Å². The molecule has 7 heteroatoms. The van der Waals surface area contributed by atoms with Crippen molar-refractivity contribution in [3.8, 4) is 0 Å². The summed E-state index contributed by atoms with van der Waals surface area (Å²) in [5, 5.41) is 2.99. The molecule has 1 aliphatic carbocycles. The molecular weight excluding hydrogens is 391 g/mol. The van der Waals surface area contributed by atoms with Crippen LogP contribution in [0, 0.1) is 5.82 Å². The van der Waals surface area contributed by atoms with E-state index in [4.69, 9.17) is 0 Å². The van der Waals surface area contributed by atoms with E-state index in [0.29, 0.717) is 12.1 Å². The number of halogens is 1. The minimum absolute atomic E-state index is 0.0526. The Hall–Kier alpha value is -2.25. The first-order chi connectivity index (χ1) is 13.7. The summed E-state index contributed by atoms with van der Waals surface area (Å²) in [4.78, 5) is 12.9. The molecule has 0 heterocycles. The number of rotatable bonds is 8. The number of hydrogen-bond acceptors (Lipinski definition) is 3. The fourth-order valence-corrected chi connectivity index (χ4v) is 5.10. The van der Waals surface area contributed by atoms with Crippen molar-refractivity contribution in [2.45, 2.75) is 56.9 Å². The van der Waals surface area contributed by atoms with Crippen molar-refractivity contribution < 1.29 is 17.6 Å². The van der Waals surface area contributed by atoms with Crippen molar-refractivity contribution in [1.82, 2.24) is 10.0 Å². The highest BCUT2D eigenvalue weighted by atomic mass is 32.2. The van der Waals surface area contributed by atoms with E-state index in [1.807, 2.05) is 12.1 Å². The standard InChI is InChI=1S/C22H27FN2O3S/c1-16(2)25-29(27,28)15-18-6-4-17(5-7-18)14-24-21(26)22(12-3-13-22)19-8-10-20(23)11-9-19/h4-11,16,25H,3,12-15H2,1-2H3,(H,24,26). The average molecular weight is 419 g/mol. The Morgan fingerprint density at radius 1 is 1.03 bits per heavy atom. The van der Waals surface area contributed by atoms with E-state index < -0.39 is 15.4 Å². The second kappa shape index (κ2) is 8.63. The lowest BCUT2D eigenvalue weighted by Gasteiger charge is -2.40. The molecule has 0 radical (unpaired) electrons. The third kappa shape index (κ3) is 5.22. The number of hydrogen-bond donors (Lipinski definition) is 2. The molecule has 0 saturated heterocycles. The van der Waals surface area contributed by atoms with Crippen molar-refractivity contribution in [2.75, 3.05) is 0 Å². The molecule has 5 nitrogen and oxygen atoms in total. The normalized spacial score (nSPS) is 15.7. The molecule has 0 aliphatic heterocycles. The SMILES string of the molecule is CC(C)NS(=O)(=O)Cc1ccc(CNC(=O)C2(c3ccc(F)cc3)CCC2)cc1. The quantitative estimate of drug-likeness (QED) is 0.690. The minimum Gasteiger partial charge on any atom is -0.351 e. The second-order valence-corrected chi connectivity index (χ2v) is 9.73. The fourth-order valence-electron chi connectivity index (χ4n) is 3.67. The summed E-state index contributed by atoms with van der Waals surface area (Å²) < 4.78 is 39.8. The van der Waals surface area contributed by atoms with Gasteiger partial charge in [-0.3, -0.25) is 4.79 Å². The highest BCUT2D eigenvalue weighted by Gasteiger charge is 2.45. The van der Waals surface area contributed by atoms with Crippen LogP contribution in [-0.2, 0) is 32.5 Å². The summed E-state index contributed by atoms with van der Waals surface area (Å²) in [6.07, 6.45) is 2.48. The summed E-state index contributed by atoms with van der Waals surface area (Å²) in [6.45, 7) is 3.92. The van der Waals surface area contributed by atoms with E-state index in [0.717, 1.165) is 30.4 Å². The van der Waals surface area contributed by atoms with Gasteiger partial charge < -0.3 is 5.32 Å². The van der Waals surface area contributed by atoms with Crippen LogP contribution in [0.3, 0.4) is 0 Å². The van der Waals surface area contributed by atoms with Gasteiger partial charge in [0.2, 0.25) is 15.9 Å². The smallest absolute Gasteiger partial charge is 0.230 e. The highest BCUT2D eigenvalue weighted by Crippen LogP contribution is 2.44. The Bertz CT molecular complexity index is 951. The van der Waals surface area contributed by atoms with E-state index in [2.05, 4.69) is 10.0 Å². The Morgan fingerprint density at radius 2 is 1.62 bits per heavy atom. The van der Waals surface area contributed by atoms with E-state index >= 15 is 0 Å². The molecule has 2 N–H and O–H groups in total. The predicted octanol–water partition coefficient (Wildman–Crippen LogP) is 3.39. The molecule has 0 aromatic heterocycles. The molecule has 1 amide bonds. The zero-order chi connectivity index (χ0) is 21.1. The molecule has 1 fully saturated rings. The molecule has 29 heavy (non-hydrogen) atoms. The van der Waals surface area contributed by atoms with E-state index in [1.54, 1.807) is 38.1 Å². The summed E-state index contributed by atoms with van der Waals surface area (Å²) in [6, 6.07) is 13.2. The molecule has 2 aromatic rings. The van der Waals surface area contributed by atoms with Crippen molar-refractivity contribution >= 4 is 15.9 Å². The number of carbonyl (C=O) groups excluding carboxylic acids is 1. The minimum atomic E-state index is -3.37. The third-order valence-electron chi connectivity index (χ3n) is 5.29. The number of amides is 1. The summed E-state index contributed by atoms with van der Waals surface area (Å²) >= 11 is 0. The van der Waals surface area contributed by atoms with Crippen LogP contribution in [0.2, 0.25) is 0 Å². The van der Waals surface area contributed by atoms with Gasteiger partial charge in [0, 0.05) is 12.6 Å². The number of sulfonamides is 1. The van der Waals surface area contributed by atoms with Gasteiger partial charge in [0.15, 0.2) is 0 Å². The van der Waals surface area contributed by atoms with Crippen LogP contribution in [0.25, 0.3) is 0 Å². The molecule has 1 saturated carbocycles. The largest absolute Gasteiger partial charge is 0.351 e. The highest BCUT2D eigenvalue weighted by molar-refractivity contribution is 7.88. The summed E-state index contributed by atoms with van der Waals surface area (Å²) in [7, 11) is -3.37. The Labute approximate surface area is 171 Å². The number of benzene rings is 2. The first-order valence-electron chi connectivity index (χ1n) is 9.82. The van der Waals surface area contributed by atoms with E-state index in [-0.39, 0.29) is 23.5 Å². The topological polar surface area (TPSA) is 75.3 Å². The van der Waals surface area contributed by atoms with Crippen LogP contribution in [0.4, 0.5) is 4.39 Å². The predicted molar refractivity (Wildman–Crippen MR) is 111 cm³/mol. The lowest BCUT2D eigenvalue weighted by Crippen LogP contribution is -2.49.